The Morgan fingerprint density at radius 2 is 0.500 bits per heavy atom. The average molecular weight is 411 g/mol. The average Bonchev–Trinajstić information content (AvgIpc) is 0. The molecule has 0 nitrogen and oxygen atoms in total. The van der Waals surface area contributed by atoms with Gasteiger partial charge in [-0.2, -0.15) is 0 Å². The monoisotopic (exact) mass is 409 g/mol. The fraction of sp³-hybridized carbons (Fsp3) is 0. The Morgan fingerprint density at radius 3 is 0.500 bits per heavy atom. The van der Waals surface area contributed by atoms with Gasteiger partial charge in [0.2, 0.25) is 0 Å². The second-order valence-electron chi connectivity index (χ2n) is 0. The van der Waals surface area contributed by atoms with Crippen molar-refractivity contribution in [3.8, 4) is 0 Å². The van der Waals surface area contributed by atoms with Crippen molar-refractivity contribution in [1.29, 1.82) is 0 Å². The Hall–Kier alpha value is 4.19. The number of hydrogen-bond donors (Lipinski definition) is 0. The van der Waals surface area contributed by atoms with Gasteiger partial charge in [0.05, 0.1) is 0 Å². The summed E-state index contributed by atoms with van der Waals surface area (Å²) in [7, 11) is 0. The summed E-state index contributed by atoms with van der Waals surface area (Å²) in [5.74, 6) is 0. The molecule has 0 atom stereocenters. The number of halogens is 5. The molecule has 0 fully saturated rings. The van der Waals surface area contributed by atoms with Gasteiger partial charge >= 0.3 is 59.1 Å². The molecule has 0 aromatic carbocycles. The standard InChI is InChI=1S/5ClH.2Na.Ta.2H/h5*1H;;;;;/q;;;;;2*+1;;2*-1. The predicted molar refractivity (Wildman–Crippen MR) is 38.5 cm³/mol. The number of rotatable bonds is 0. The molecule has 0 aliphatic carbocycles. The first-order valence-electron chi connectivity index (χ1n) is 0. The van der Waals surface area contributed by atoms with Gasteiger partial charge in [0.15, 0.2) is 0 Å². The third-order valence-corrected chi connectivity index (χ3v) is 0. The summed E-state index contributed by atoms with van der Waals surface area (Å²) < 4.78 is 0. The van der Waals surface area contributed by atoms with Crippen LogP contribution in [0.2, 0.25) is 0 Å². The second-order valence-corrected chi connectivity index (χ2v) is 0. The van der Waals surface area contributed by atoms with Crippen LogP contribution < -0.4 is 59.1 Å². The second kappa shape index (κ2) is 66.2. The first kappa shape index (κ1) is 86.9. The van der Waals surface area contributed by atoms with Gasteiger partial charge in [-0.3, -0.25) is 0 Å². The molecule has 0 N–H and O–H groups in total. The zero-order valence-corrected chi connectivity index (χ0v) is 15.8. The van der Waals surface area contributed by atoms with Crippen molar-refractivity contribution in [1.82, 2.24) is 0 Å². The maximum Gasteiger partial charge on any atom is 1.00 e. The van der Waals surface area contributed by atoms with E-state index in [0.717, 1.165) is 0 Å². The molecule has 0 heterocycles. The molecule has 0 aromatic heterocycles. The summed E-state index contributed by atoms with van der Waals surface area (Å²) in [6.45, 7) is 0. The van der Waals surface area contributed by atoms with Crippen molar-refractivity contribution in [3.63, 3.8) is 0 Å². The fourth-order valence-electron chi connectivity index (χ4n) is 0. The van der Waals surface area contributed by atoms with E-state index in [1.54, 1.807) is 0 Å². The minimum Gasteiger partial charge on any atom is -1.00 e. The van der Waals surface area contributed by atoms with Gasteiger partial charge in [0, 0.05) is 22.4 Å². The van der Waals surface area contributed by atoms with E-state index in [-0.39, 0.29) is 146 Å². The largest absolute Gasteiger partial charge is 1.00 e. The van der Waals surface area contributed by atoms with E-state index in [4.69, 9.17) is 0 Å². The van der Waals surface area contributed by atoms with Crippen LogP contribution in [0.4, 0.5) is 0 Å². The summed E-state index contributed by atoms with van der Waals surface area (Å²) in [4.78, 5) is 0. The zero-order valence-electron chi connectivity index (χ0n) is 6.49. The topological polar surface area (TPSA) is 0 Å². The van der Waals surface area contributed by atoms with Crippen molar-refractivity contribution in [3.05, 3.63) is 0 Å². The first-order chi connectivity index (χ1) is 0. The van der Waals surface area contributed by atoms with E-state index >= 15 is 0 Å². The molecule has 0 aromatic rings. The normalized spacial score (nSPS) is 0. The van der Waals surface area contributed by atoms with Crippen LogP contribution in [0, 0.1) is 0 Å². The van der Waals surface area contributed by atoms with Crippen molar-refractivity contribution in [2.45, 2.75) is 0 Å². The summed E-state index contributed by atoms with van der Waals surface area (Å²) >= 11 is 0. The minimum atomic E-state index is 0. The van der Waals surface area contributed by atoms with Gasteiger partial charge in [0.25, 0.3) is 0 Å². The van der Waals surface area contributed by atoms with E-state index < -0.39 is 0 Å². The predicted octanol–water partition coefficient (Wildman–Crippen LogP) is -3.66. The third kappa shape index (κ3) is 49.0. The Kier molecular flexibility index (Phi) is 719. The Morgan fingerprint density at radius 1 is 0.500 bits per heavy atom. The van der Waals surface area contributed by atoms with Crippen LogP contribution in [0.5, 0.6) is 0 Å². The van der Waals surface area contributed by atoms with E-state index in [9.17, 15) is 0 Å². The Labute approximate surface area is 144 Å². The molecule has 0 saturated carbocycles. The van der Waals surface area contributed by atoms with Gasteiger partial charge in [-0.1, -0.05) is 0 Å². The van der Waals surface area contributed by atoms with Gasteiger partial charge in [0.1, 0.15) is 0 Å². The molecule has 0 aliphatic heterocycles. The van der Waals surface area contributed by atoms with Crippen LogP contribution in [-0.2, 0) is 22.4 Å². The Bertz CT molecular complexity index is 17.6. The summed E-state index contributed by atoms with van der Waals surface area (Å²) in [6.07, 6.45) is 0. The van der Waals surface area contributed by atoms with E-state index in [1.807, 2.05) is 0 Å². The van der Waals surface area contributed by atoms with Crippen LogP contribution in [0.1, 0.15) is 2.85 Å². The molecule has 0 aliphatic rings. The zero-order chi connectivity index (χ0) is 0. The van der Waals surface area contributed by atoms with Gasteiger partial charge < -0.3 is 2.85 Å². The van der Waals surface area contributed by atoms with Crippen LogP contribution in [-0.4, -0.2) is 0 Å². The molecule has 0 rings (SSSR count). The maximum absolute atomic E-state index is 0. The molecular formula is H7Cl5Na2Ta. The van der Waals surface area contributed by atoms with Crippen molar-refractivity contribution in [2.75, 3.05) is 0 Å². The maximum atomic E-state index is 0. The van der Waals surface area contributed by atoms with Gasteiger partial charge in [-0.05, 0) is 0 Å². The molecule has 0 saturated heterocycles. The summed E-state index contributed by atoms with van der Waals surface area (Å²) in [6, 6.07) is 0. The summed E-state index contributed by atoms with van der Waals surface area (Å²) in [5, 5.41) is 0. The SMILES string of the molecule is Cl.Cl.Cl.Cl.Cl.[H-].[H-].[Na+].[Na+].[Ta]. The van der Waals surface area contributed by atoms with Gasteiger partial charge in [-0.25, -0.2) is 0 Å². The van der Waals surface area contributed by atoms with E-state index in [0.29, 0.717) is 0 Å². The minimum absolute atomic E-state index is 0. The molecule has 1 radical (unpaired) electrons. The van der Waals surface area contributed by atoms with Crippen molar-refractivity contribution < 1.29 is 84.3 Å². The van der Waals surface area contributed by atoms with Crippen molar-refractivity contribution >= 4 is 62.0 Å². The Balaban J connectivity index is 0. The molecule has 0 unspecified atom stereocenters. The molecule has 49 valence electrons. The third-order valence-electron chi connectivity index (χ3n) is 0. The number of hydrogen-bond acceptors (Lipinski definition) is 0. The van der Waals surface area contributed by atoms with E-state index in [1.165, 1.54) is 0 Å². The van der Waals surface area contributed by atoms with Crippen LogP contribution in [0.3, 0.4) is 0 Å². The van der Waals surface area contributed by atoms with Crippen LogP contribution in [0.15, 0.2) is 0 Å². The van der Waals surface area contributed by atoms with E-state index in [2.05, 4.69) is 0 Å². The summed E-state index contributed by atoms with van der Waals surface area (Å²) in [5.41, 5.74) is 0. The molecule has 8 heteroatoms. The van der Waals surface area contributed by atoms with Gasteiger partial charge in [-0.15, -0.1) is 62.0 Å². The molecule has 0 amide bonds. The first-order valence-corrected chi connectivity index (χ1v) is 0. The molecule has 0 spiro atoms. The van der Waals surface area contributed by atoms with Crippen molar-refractivity contribution in [2.24, 2.45) is 0 Å². The quantitative estimate of drug-likeness (QED) is 0.361. The smallest absolute Gasteiger partial charge is 1.00 e. The molecular weight excluding hydrogens is 404 g/mol. The molecule has 8 heavy (non-hydrogen) atoms. The fourth-order valence-corrected chi connectivity index (χ4v) is 0. The molecule has 0 bridgehead atoms. The van der Waals surface area contributed by atoms with Crippen LogP contribution >= 0.6 is 62.0 Å². The van der Waals surface area contributed by atoms with Crippen LogP contribution in [0.25, 0.3) is 0 Å².